The first-order valence-electron chi connectivity index (χ1n) is 9.83. The molecular formula is C19H20F3N5O3. The van der Waals surface area contributed by atoms with Gasteiger partial charge in [-0.05, 0) is 30.6 Å². The standard InChI is InChI=1S/C19H20F3N5O3/c1-9(15-11-3-4-12(11)15)13-5-10(30-24-13)7-26-17(28)16-14(25(2)18(26)29)6-23-27(16)8-19(20,21)22/h5-6,9,11-12,15H,3-4,7-8H2,1-2H3. The van der Waals surface area contributed by atoms with E-state index in [2.05, 4.69) is 17.2 Å². The van der Waals surface area contributed by atoms with Gasteiger partial charge < -0.3 is 4.52 Å². The Labute approximate surface area is 167 Å². The number of nitrogens with zero attached hydrogens (tertiary/aromatic N) is 5. The van der Waals surface area contributed by atoms with Crippen LogP contribution in [0.1, 0.15) is 37.1 Å². The monoisotopic (exact) mass is 423 g/mol. The van der Waals surface area contributed by atoms with Crippen LogP contribution in [0.3, 0.4) is 0 Å². The zero-order chi connectivity index (χ0) is 21.4. The molecule has 0 bridgehead atoms. The lowest BCUT2D eigenvalue weighted by Gasteiger charge is -2.10. The van der Waals surface area contributed by atoms with Crippen LogP contribution in [0.25, 0.3) is 11.0 Å². The molecular weight excluding hydrogens is 403 g/mol. The van der Waals surface area contributed by atoms with E-state index >= 15 is 0 Å². The minimum Gasteiger partial charge on any atom is -0.359 e. The van der Waals surface area contributed by atoms with Gasteiger partial charge in [-0.3, -0.25) is 13.9 Å². The third-order valence-electron chi connectivity index (χ3n) is 6.64. The van der Waals surface area contributed by atoms with E-state index in [9.17, 15) is 22.8 Å². The largest absolute Gasteiger partial charge is 0.408 e. The SMILES string of the molecule is CC(c1cc(Cn2c(=O)c3c(cnn3CC(F)(F)F)n(C)c2=O)on1)C1C2CCC21. The molecule has 0 aromatic carbocycles. The van der Waals surface area contributed by atoms with Crippen molar-refractivity contribution < 1.29 is 17.7 Å². The van der Waals surface area contributed by atoms with Gasteiger partial charge >= 0.3 is 11.9 Å². The number of hydrogen-bond acceptors (Lipinski definition) is 5. The van der Waals surface area contributed by atoms with E-state index in [0.717, 1.165) is 32.9 Å². The maximum atomic E-state index is 12.9. The van der Waals surface area contributed by atoms with E-state index in [1.165, 1.54) is 19.9 Å². The summed E-state index contributed by atoms with van der Waals surface area (Å²) in [6.07, 6.45) is -0.960. The van der Waals surface area contributed by atoms with Crippen molar-refractivity contribution in [1.29, 1.82) is 0 Å². The highest BCUT2D eigenvalue weighted by Gasteiger charge is 2.58. The summed E-state index contributed by atoms with van der Waals surface area (Å²) in [6, 6.07) is 1.73. The number of hydrogen-bond donors (Lipinski definition) is 0. The van der Waals surface area contributed by atoms with Crippen molar-refractivity contribution in [1.82, 2.24) is 24.1 Å². The van der Waals surface area contributed by atoms with Crippen molar-refractivity contribution in [2.45, 2.75) is 44.9 Å². The molecule has 0 N–H and O–H groups in total. The Balaban J connectivity index is 1.49. The third-order valence-corrected chi connectivity index (χ3v) is 6.64. The van der Waals surface area contributed by atoms with Gasteiger partial charge in [-0.25, -0.2) is 9.48 Å². The molecule has 3 aromatic heterocycles. The molecule has 11 heteroatoms. The summed E-state index contributed by atoms with van der Waals surface area (Å²) < 4.78 is 46.4. The molecule has 0 aliphatic heterocycles. The fourth-order valence-corrected chi connectivity index (χ4v) is 4.89. The van der Waals surface area contributed by atoms with Crippen LogP contribution in [0.15, 0.2) is 26.4 Å². The molecule has 3 heterocycles. The maximum Gasteiger partial charge on any atom is 0.408 e. The van der Waals surface area contributed by atoms with Crippen LogP contribution in [0.2, 0.25) is 0 Å². The van der Waals surface area contributed by atoms with Gasteiger partial charge in [0.05, 0.1) is 24.0 Å². The second kappa shape index (κ2) is 6.32. The molecule has 0 radical (unpaired) electrons. The first-order chi connectivity index (χ1) is 14.2. The Bertz CT molecular complexity index is 1240. The molecule has 3 aromatic rings. The van der Waals surface area contributed by atoms with Crippen LogP contribution in [-0.4, -0.2) is 30.2 Å². The summed E-state index contributed by atoms with van der Waals surface area (Å²) in [5.41, 5.74) is -0.970. The number of halogens is 3. The fraction of sp³-hybridized carbons (Fsp3) is 0.579. The van der Waals surface area contributed by atoms with E-state index in [0.29, 0.717) is 16.4 Å². The van der Waals surface area contributed by atoms with E-state index in [-0.39, 0.29) is 23.5 Å². The topological polar surface area (TPSA) is 87.9 Å². The molecule has 5 rings (SSSR count). The molecule has 30 heavy (non-hydrogen) atoms. The van der Waals surface area contributed by atoms with Gasteiger partial charge in [-0.2, -0.15) is 18.3 Å². The second-order valence-electron chi connectivity index (χ2n) is 8.37. The molecule has 3 unspecified atom stereocenters. The van der Waals surface area contributed by atoms with Crippen LogP contribution >= 0.6 is 0 Å². The van der Waals surface area contributed by atoms with Crippen molar-refractivity contribution >= 4 is 11.0 Å². The number of aromatic nitrogens is 5. The van der Waals surface area contributed by atoms with Crippen LogP contribution in [0.4, 0.5) is 13.2 Å². The predicted molar refractivity (Wildman–Crippen MR) is 99.0 cm³/mol. The van der Waals surface area contributed by atoms with E-state index in [4.69, 9.17) is 4.52 Å². The Morgan fingerprint density at radius 2 is 1.97 bits per heavy atom. The lowest BCUT2D eigenvalue weighted by Crippen LogP contribution is -2.40. The maximum absolute atomic E-state index is 12.9. The highest BCUT2D eigenvalue weighted by Crippen LogP contribution is 2.65. The van der Waals surface area contributed by atoms with Crippen LogP contribution in [0.5, 0.6) is 0 Å². The van der Waals surface area contributed by atoms with Crippen molar-refractivity contribution in [3.63, 3.8) is 0 Å². The Morgan fingerprint density at radius 1 is 1.27 bits per heavy atom. The first kappa shape index (κ1) is 19.1. The summed E-state index contributed by atoms with van der Waals surface area (Å²) in [7, 11) is 1.39. The normalized spacial score (nSPS) is 24.0. The molecule has 8 nitrogen and oxygen atoms in total. The van der Waals surface area contributed by atoms with Crippen LogP contribution in [-0.2, 0) is 20.1 Å². The van der Waals surface area contributed by atoms with Gasteiger partial charge in [0.25, 0.3) is 5.56 Å². The molecule has 2 saturated carbocycles. The van der Waals surface area contributed by atoms with Gasteiger partial charge in [-0.15, -0.1) is 0 Å². The Kier molecular flexibility index (Phi) is 4.03. The van der Waals surface area contributed by atoms with Crippen molar-refractivity contribution in [2.75, 3.05) is 0 Å². The molecule has 0 spiro atoms. The minimum atomic E-state index is -4.55. The number of alkyl halides is 3. The molecule has 2 aliphatic rings. The van der Waals surface area contributed by atoms with Crippen molar-refractivity contribution in [2.24, 2.45) is 24.8 Å². The van der Waals surface area contributed by atoms with Gasteiger partial charge in [-0.1, -0.05) is 12.1 Å². The summed E-state index contributed by atoms with van der Waals surface area (Å²) in [4.78, 5) is 25.5. The molecule has 2 fully saturated rings. The Hall–Kier alpha value is -2.85. The van der Waals surface area contributed by atoms with Crippen molar-refractivity contribution in [3.8, 4) is 0 Å². The van der Waals surface area contributed by atoms with Crippen molar-refractivity contribution in [3.05, 3.63) is 44.6 Å². The summed E-state index contributed by atoms with van der Waals surface area (Å²) in [5.74, 6) is 2.69. The second-order valence-corrected chi connectivity index (χ2v) is 8.37. The predicted octanol–water partition coefficient (Wildman–Crippen LogP) is 2.25. The number of fused-ring (bicyclic) bond motifs is 2. The smallest absolute Gasteiger partial charge is 0.359 e. The third kappa shape index (κ3) is 2.90. The molecule has 160 valence electrons. The number of aryl methyl sites for hydroxylation is 1. The highest BCUT2D eigenvalue weighted by molar-refractivity contribution is 5.73. The van der Waals surface area contributed by atoms with E-state index in [1.807, 2.05) is 0 Å². The van der Waals surface area contributed by atoms with E-state index < -0.39 is 24.0 Å². The molecule has 0 saturated heterocycles. The van der Waals surface area contributed by atoms with Gasteiger partial charge in [0.2, 0.25) is 0 Å². The molecule has 3 atom stereocenters. The fourth-order valence-electron chi connectivity index (χ4n) is 4.89. The average molecular weight is 423 g/mol. The van der Waals surface area contributed by atoms with Crippen LogP contribution < -0.4 is 11.2 Å². The molecule has 2 aliphatic carbocycles. The average Bonchev–Trinajstić information content (AvgIpc) is 3.03. The Morgan fingerprint density at radius 3 is 2.60 bits per heavy atom. The quantitative estimate of drug-likeness (QED) is 0.628. The zero-order valence-electron chi connectivity index (χ0n) is 16.4. The van der Waals surface area contributed by atoms with Gasteiger partial charge in [0.15, 0.2) is 11.3 Å². The summed E-state index contributed by atoms with van der Waals surface area (Å²) >= 11 is 0. The lowest BCUT2D eigenvalue weighted by atomic mass is 10.0. The highest BCUT2D eigenvalue weighted by atomic mass is 19.4. The number of rotatable bonds is 5. The van der Waals surface area contributed by atoms with Gasteiger partial charge in [0.1, 0.15) is 6.54 Å². The molecule has 0 amide bonds. The summed E-state index contributed by atoms with van der Waals surface area (Å²) in [6.45, 7) is 0.463. The summed E-state index contributed by atoms with van der Waals surface area (Å²) in [5, 5.41) is 7.76. The minimum absolute atomic E-state index is 0.0431. The zero-order valence-corrected chi connectivity index (χ0v) is 16.4. The van der Waals surface area contributed by atoms with Crippen LogP contribution in [0, 0.1) is 17.8 Å². The lowest BCUT2D eigenvalue weighted by molar-refractivity contribution is -0.141. The first-order valence-corrected chi connectivity index (χ1v) is 9.83. The van der Waals surface area contributed by atoms with E-state index in [1.54, 1.807) is 6.07 Å². The van der Waals surface area contributed by atoms with Gasteiger partial charge in [0, 0.05) is 19.0 Å².